The van der Waals surface area contributed by atoms with Gasteiger partial charge in [-0.3, -0.25) is 4.79 Å². The van der Waals surface area contributed by atoms with E-state index >= 15 is 0 Å². The number of rotatable bonds is 5. The number of carbonyl (C=O) groups excluding carboxylic acids is 1. The van der Waals surface area contributed by atoms with Crippen LogP contribution in [0.2, 0.25) is 5.02 Å². The molecule has 0 bridgehead atoms. The molecule has 6 heteroatoms. The number of aryl methyl sites for hydroxylation is 1. The fourth-order valence-electron chi connectivity index (χ4n) is 1.76. The number of hydrogen-bond acceptors (Lipinski definition) is 3. The Labute approximate surface area is 128 Å². The zero-order valence-corrected chi connectivity index (χ0v) is 12.9. The van der Waals surface area contributed by atoms with Gasteiger partial charge in [-0.2, -0.15) is 0 Å². The molecule has 0 radical (unpaired) electrons. The minimum Gasteiger partial charge on any atom is -0.293 e. The Balaban J connectivity index is 2.08. The maximum atomic E-state index is 12.1. The van der Waals surface area contributed by atoms with Gasteiger partial charge in [-0.05, 0) is 48.9 Å². The van der Waals surface area contributed by atoms with Gasteiger partial charge in [-0.1, -0.05) is 23.7 Å². The molecule has 0 amide bonds. The Morgan fingerprint density at radius 1 is 1.14 bits per heavy atom. The van der Waals surface area contributed by atoms with Crippen molar-refractivity contribution in [1.82, 2.24) is 4.72 Å². The molecular formula is C15H14ClNO3S. The van der Waals surface area contributed by atoms with Crippen LogP contribution in [0.5, 0.6) is 0 Å². The third-order valence-corrected chi connectivity index (χ3v) is 4.54. The highest BCUT2D eigenvalue weighted by molar-refractivity contribution is 7.89. The lowest BCUT2D eigenvalue weighted by Gasteiger charge is -2.07. The topological polar surface area (TPSA) is 63.2 Å². The molecule has 0 saturated carbocycles. The van der Waals surface area contributed by atoms with E-state index < -0.39 is 10.0 Å². The van der Waals surface area contributed by atoms with E-state index in [4.69, 9.17) is 11.6 Å². The molecule has 0 heterocycles. The maximum absolute atomic E-state index is 12.1. The molecule has 0 aliphatic carbocycles. The number of hydrogen-bond donors (Lipinski definition) is 1. The van der Waals surface area contributed by atoms with Crippen molar-refractivity contribution in [2.24, 2.45) is 0 Å². The molecule has 0 spiro atoms. The van der Waals surface area contributed by atoms with E-state index in [1.54, 1.807) is 49.4 Å². The summed E-state index contributed by atoms with van der Waals surface area (Å²) in [5.74, 6) is -0.317. The van der Waals surface area contributed by atoms with E-state index in [2.05, 4.69) is 4.72 Å². The molecule has 110 valence electrons. The lowest BCUT2D eigenvalue weighted by molar-refractivity contribution is 0.0997. The van der Waals surface area contributed by atoms with E-state index in [1.807, 2.05) is 0 Å². The first-order valence-electron chi connectivity index (χ1n) is 6.23. The van der Waals surface area contributed by atoms with Crippen LogP contribution in [0.15, 0.2) is 53.4 Å². The third kappa shape index (κ3) is 4.14. The van der Waals surface area contributed by atoms with Gasteiger partial charge in [0.1, 0.15) is 0 Å². The highest BCUT2D eigenvalue weighted by Gasteiger charge is 2.16. The van der Waals surface area contributed by atoms with Gasteiger partial charge in [0.05, 0.1) is 11.4 Å². The van der Waals surface area contributed by atoms with Crippen LogP contribution in [-0.2, 0) is 10.0 Å². The monoisotopic (exact) mass is 323 g/mol. The SMILES string of the molecule is Cc1cccc(S(=O)(=O)NCC(=O)c2ccc(Cl)cc2)c1. The molecule has 0 atom stereocenters. The van der Waals surface area contributed by atoms with Gasteiger partial charge in [-0.15, -0.1) is 0 Å². The average molecular weight is 324 g/mol. The molecule has 2 aromatic rings. The van der Waals surface area contributed by atoms with Crippen LogP contribution >= 0.6 is 11.6 Å². The van der Waals surface area contributed by atoms with Crippen LogP contribution in [0.25, 0.3) is 0 Å². The Kier molecular flexibility index (Phi) is 4.77. The minimum absolute atomic E-state index is 0.145. The molecule has 0 aliphatic rings. The Morgan fingerprint density at radius 3 is 2.43 bits per heavy atom. The second kappa shape index (κ2) is 6.39. The number of benzene rings is 2. The van der Waals surface area contributed by atoms with Crippen LogP contribution in [0.1, 0.15) is 15.9 Å². The minimum atomic E-state index is -3.69. The van der Waals surface area contributed by atoms with E-state index in [9.17, 15) is 13.2 Å². The van der Waals surface area contributed by atoms with Crippen molar-refractivity contribution in [3.8, 4) is 0 Å². The summed E-state index contributed by atoms with van der Waals surface area (Å²) in [6.45, 7) is 1.51. The second-order valence-corrected chi connectivity index (χ2v) is 6.77. The lowest BCUT2D eigenvalue weighted by atomic mass is 10.1. The van der Waals surface area contributed by atoms with E-state index in [-0.39, 0.29) is 17.2 Å². The highest BCUT2D eigenvalue weighted by atomic mass is 35.5. The van der Waals surface area contributed by atoms with E-state index in [0.717, 1.165) is 5.56 Å². The van der Waals surface area contributed by atoms with Crippen LogP contribution < -0.4 is 4.72 Å². The predicted molar refractivity (Wildman–Crippen MR) is 82.2 cm³/mol. The predicted octanol–water partition coefficient (Wildman–Crippen LogP) is 2.81. The fourth-order valence-corrected chi connectivity index (χ4v) is 2.98. The molecule has 0 aromatic heterocycles. The summed E-state index contributed by atoms with van der Waals surface area (Å²) in [4.78, 5) is 12.1. The average Bonchev–Trinajstić information content (AvgIpc) is 2.45. The normalized spacial score (nSPS) is 11.3. The summed E-state index contributed by atoms with van der Waals surface area (Å²) in [5.41, 5.74) is 1.24. The highest BCUT2D eigenvalue weighted by Crippen LogP contribution is 2.12. The summed E-state index contributed by atoms with van der Waals surface area (Å²) < 4.78 is 26.5. The van der Waals surface area contributed by atoms with Crippen molar-refractivity contribution in [2.75, 3.05) is 6.54 Å². The Hall–Kier alpha value is -1.69. The largest absolute Gasteiger partial charge is 0.293 e. The molecule has 0 saturated heterocycles. The van der Waals surface area contributed by atoms with Gasteiger partial charge in [0, 0.05) is 10.6 Å². The Morgan fingerprint density at radius 2 is 1.81 bits per heavy atom. The molecule has 4 nitrogen and oxygen atoms in total. The van der Waals surface area contributed by atoms with Gasteiger partial charge in [0.15, 0.2) is 5.78 Å². The van der Waals surface area contributed by atoms with E-state index in [1.165, 1.54) is 6.07 Å². The van der Waals surface area contributed by atoms with Crippen molar-refractivity contribution >= 4 is 27.4 Å². The van der Waals surface area contributed by atoms with Gasteiger partial charge in [0.25, 0.3) is 0 Å². The summed E-state index contributed by atoms with van der Waals surface area (Å²) in [7, 11) is -3.69. The van der Waals surface area contributed by atoms with Gasteiger partial charge < -0.3 is 0 Å². The molecule has 1 N–H and O–H groups in total. The smallest absolute Gasteiger partial charge is 0.240 e. The first kappa shape index (κ1) is 15.7. The zero-order chi connectivity index (χ0) is 15.5. The van der Waals surface area contributed by atoms with Crippen LogP contribution in [0.4, 0.5) is 0 Å². The summed E-state index contributed by atoms with van der Waals surface area (Å²) >= 11 is 5.74. The van der Waals surface area contributed by atoms with E-state index in [0.29, 0.717) is 10.6 Å². The summed E-state index contributed by atoms with van der Waals surface area (Å²) in [6.07, 6.45) is 0. The summed E-state index contributed by atoms with van der Waals surface area (Å²) in [5, 5.41) is 0.520. The van der Waals surface area contributed by atoms with Crippen molar-refractivity contribution in [3.63, 3.8) is 0 Å². The molecule has 0 fully saturated rings. The number of sulfonamides is 1. The first-order valence-corrected chi connectivity index (χ1v) is 8.10. The summed E-state index contributed by atoms with van der Waals surface area (Å²) in [6, 6.07) is 12.8. The Bertz CT molecular complexity index is 755. The lowest BCUT2D eigenvalue weighted by Crippen LogP contribution is -2.29. The zero-order valence-electron chi connectivity index (χ0n) is 11.3. The van der Waals surface area contributed by atoms with Crippen LogP contribution in [-0.4, -0.2) is 20.7 Å². The molecule has 2 aromatic carbocycles. The number of ketones is 1. The van der Waals surface area contributed by atoms with Crippen molar-refractivity contribution in [2.45, 2.75) is 11.8 Å². The number of carbonyl (C=O) groups is 1. The second-order valence-electron chi connectivity index (χ2n) is 4.57. The molecule has 0 unspecified atom stereocenters. The quantitative estimate of drug-likeness (QED) is 0.861. The number of Topliss-reactive ketones (excluding diaryl/α,β-unsaturated/α-hetero) is 1. The number of halogens is 1. The fraction of sp³-hybridized carbons (Fsp3) is 0.133. The third-order valence-electron chi connectivity index (χ3n) is 2.89. The standard InChI is InChI=1S/C15H14ClNO3S/c1-11-3-2-4-14(9-11)21(19,20)17-10-15(18)12-5-7-13(16)8-6-12/h2-9,17H,10H2,1H3. The van der Waals surface area contributed by atoms with Crippen LogP contribution in [0.3, 0.4) is 0 Å². The molecule has 21 heavy (non-hydrogen) atoms. The van der Waals surface area contributed by atoms with Crippen molar-refractivity contribution in [1.29, 1.82) is 0 Å². The van der Waals surface area contributed by atoms with Gasteiger partial charge in [-0.25, -0.2) is 13.1 Å². The van der Waals surface area contributed by atoms with Gasteiger partial charge >= 0.3 is 0 Å². The van der Waals surface area contributed by atoms with Crippen LogP contribution in [0, 0.1) is 6.92 Å². The molecule has 2 rings (SSSR count). The number of nitrogens with one attached hydrogen (secondary N) is 1. The first-order chi connectivity index (χ1) is 9.88. The van der Waals surface area contributed by atoms with Crippen molar-refractivity contribution in [3.05, 3.63) is 64.7 Å². The molecule has 0 aliphatic heterocycles. The molecular weight excluding hydrogens is 310 g/mol. The van der Waals surface area contributed by atoms with Gasteiger partial charge in [0.2, 0.25) is 10.0 Å². The van der Waals surface area contributed by atoms with Crippen molar-refractivity contribution < 1.29 is 13.2 Å². The maximum Gasteiger partial charge on any atom is 0.240 e.